The van der Waals surface area contributed by atoms with Crippen molar-refractivity contribution in [2.75, 3.05) is 5.32 Å². The van der Waals surface area contributed by atoms with E-state index in [-0.39, 0.29) is 17.4 Å². The molecule has 0 amide bonds. The molecule has 3 aromatic rings. The standard InChI is InChI=1S/C17H14FN3O3S2/c18-9-2-1-3-12-16(9)21-14(25-12)8-26-13-7-19-5-4-10(13)20-11(17(26)24)6-15(22)23/h1-5,7,11,20,26H,6,8H2,(H,22,23). The highest BCUT2D eigenvalue weighted by Crippen LogP contribution is 2.49. The highest BCUT2D eigenvalue weighted by molar-refractivity contribution is 8.29. The topological polar surface area (TPSA) is 92.2 Å². The number of benzene rings is 1. The third-order valence-corrected chi connectivity index (χ3v) is 7.70. The first-order valence-electron chi connectivity index (χ1n) is 7.80. The largest absolute Gasteiger partial charge is 0.481 e. The van der Waals surface area contributed by atoms with Gasteiger partial charge in [0.15, 0.2) is 5.12 Å². The Labute approximate surface area is 154 Å². The number of para-hydroxylation sites is 1. The van der Waals surface area contributed by atoms with Gasteiger partial charge in [-0.25, -0.2) is 9.37 Å². The predicted molar refractivity (Wildman–Crippen MR) is 99.4 cm³/mol. The Morgan fingerprint density at radius 1 is 1.38 bits per heavy atom. The molecule has 1 aliphatic rings. The second-order valence-electron chi connectivity index (χ2n) is 5.81. The van der Waals surface area contributed by atoms with Gasteiger partial charge in [-0.15, -0.1) is 11.3 Å². The van der Waals surface area contributed by atoms with Crippen LogP contribution in [0.15, 0.2) is 41.6 Å². The zero-order valence-electron chi connectivity index (χ0n) is 13.3. The van der Waals surface area contributed by atoms with Gasteiger partial charge >= 0.3 is 5.97 Å². The summed E-state index contributed by atoms with van der Waals surface area (Å²) < 4.78 is 14.6. The van der Waals surface area contributed by atoms with Gasteiger partial charge in [-0.3, -0.25) is 14.6 Å². The number of aromatic nitrogens is 2. The number of carbonyl (C=O) groups is 2. The Bertz CT molecular complexity index is 1020. The van der Waals surface area contributed by atoms with Crippen LogP contribution in [0.3, 0.4) is 0 Å². The summed E-state index contributed by atoms with van der Waals surface area (Å²) in [7, 11) is -1.34. The lowest BCUT2D eigenvalue weighted by Crippen LogP contribution is -2.35. The average molecular weight is 391 g/mol. The van der Waals surface area contributed by atoms with Gasteiger partial charge in [-0.1, -0.05) is 6.07 Å². The van der Waals surface area contributed by atoms with E-state index in [0.717, 1.165) is 15.3 Å². The van der Waals surface area contributed by atoms with E-state index in [1.165, 1.54) is 17.4 Å². The lowest BCUT2D eigenvalue weighted by molar-refractivity contribution is -0.138. The summed E-state index contributed by atoms with van der Waals surface area (Å²) in [6, 6.07) is 5.74. The Morgan fingerprint density at radius 3 is 3.00 bits per heavy atom. The van der Waals surface area contributed by atoms with Crippen molar-refractivity contribution in [2.45, 2.75) is 23.1 Å². The average Bonchev–Trinajstić information content (AvgIpc) is 3.02. The van der Waals surface area contributed by atoms with E-state index in [9.17, 15) is 14.0 Å². The number of nitrogens with zero attached hydrogens (tertiary/aromatic N) is 2. The third-order valence-electron chi connectivity index (χ3n) is 4.07. The van der Waals surface area contributed by atoms with Crippen LogP contribution in [-0.2, 0) is 15.3 Å². The van der Waals surface area contributed by atoms with Gasteiger partial charge in [-0.2, -0.15) is 10.9 Å². The van der Waals surface area contributed by atoms with Crippen LogP contribution in [0.1, 0.15) is 11.4 Å². The number of anilines is 1. The molecule has 0 bridgehead atoms. The van der Waals surface area contributed by atoms with Crippen molar-refractivity contribution in [1.29, 1.82) is 0 Å². The molecule has 0 saturated heterocycles. The van der Waals surface area contributed by atoms with Crippen LogP contribution in [0.5, 0.6) is 0 Å². The zero-order valence-corrected chi connectivity index (χ0v) is 15.1. The van der Waals surface area contributed by atoms with Crippen LogP contribution < -0.4 is 5.32 Å². The fourth-order valence-corrected chi connectivity index (χ4v) is 6.41. The number of thiol groups is 1. The lowest BCUT2D eigenvalue weighted by Gasteiger charge is -2.32. The smallest absolute Gasteiger partial charge is 0.305 e. The van der Waals surface area contributed by atoms with Crippen molar-refractivity contribution < 1.29 is 19.1 Å². The maximum absolute atomic E-state index is 13.9. The van der Waals surface area contributed by atoms with Gasteiger partial charge in [0.05, 0.1) is 16.8 Å². The molecule has 0 saturated carbocycles. The normalized spacial score (nSPS) is 20.6. The van der Waals surface area contributed by atoms with Crippen molar-refractivity contribution >= 4 is 49.2 Å². The summed E-state index contributed by atoms with van der Waals surface area (Å²) in [6.45, 7) is 0. The number of hydrogen-bond donors (Lipinski definition) is 3. The second-order valence-corrected chi connectivity index (χ2v) is 9.02. The van der Waals surface area contributed by atoms with E-state index < -0.39 is 22.9 Å². The predicted octanol–water partition coefficient (Wildman–Crippen LogP) is 3.19. The Balaban J connectivity index is 1.71. The number of carbonyl (C=O) groups excluding carboxylic acids is 1. The van der Waals surface area contributed by atoms with Crippen LogP contribution in [-0.4, -0.2) is 32.2 Å². The molecular formula is C17H14FN3O3S2. The van der Waals surface area contributed by atoms with E-state index in [2.05, 4.69) is 15.3 Å². The highest BCUT2D eigenvalue weighted by Gasteiger charge is 2.34. The molecule has 6 nitrogen and oxygen atoms in total. The van der Waals surface area contributed by atoms with Crippen LogP contribution in [0.25, 0.3) is 10.2 Å². The number of pyridine rings is 1. The van der Waals surface area contributed by atoms with E-state index in [1.807, 2.05) is 0 Å². The molecule has 0 fully saturated rings. The number of aliphatic carboxylic acids is 1. The number of fused-ring (bicyclic) bond motifs is 2. The first-order chi connectivity index (χ1) is 12.5. The van der Waals surface area contributed by atoms with Gasteiger partial charge < -0.3 is 10.4 Å². The number of halogens is 1. The molecule has 2 unspecified atom stereocenters. The van der Waals surface area contributed by atoms with Crippen molar-refractivity contribution in [1.82, 2.24) is 9.97 Å². The van der Waals surface area contributed by atoms with Crippen LogP contribution in [0.4, 0.5) is 10.1 Å². The number of carboxylic acid groups (broad SMARTS) is 1. The minimum absolute atomic E-state index is 0.150. The van der Waals surface area contributed by atoms with Crippen molar-refractivity contribution in [3.05, 3.63) is 47.5 Å². The number of carboxylic acids is 1. The molecule has 1 aromatic carbocycles. The van der Waals surface area contributed by atoms with Crippen molar-refractivity contribution in [2.24, 2.45) is 0 Å². The lowest BCUT2D eigenvalue weighted by atomic mass is 10.2. The first-order valence-corrected chi connectivity index (χ1v) is 10.1. The molecule has 2 aromatic heterocycles. The molecule has 1 aliphatic heterocycles. The Morgan fingerprint density at radius 2 is 2.23 bits per heavy atom. The Hall–Kier alpha value is -2.52. The van der Waals surface area contributed by atoms with E-state index >= 15 is 0 Å². The van der Waals surface area contributed by atoms with Gasteiger partial charge in [-0.05, 0) is 18.2 Å². The zero-order chi connectivity index (χ0) is 18.3. The fourth-order valence-electron chi connectivity index (χ4n) is 2.92. The molecule has 3 heterocycles. The maximum Gasteiger partial charge on any atom is 0.305 e. The molecule has 2 N–H and O–H groups in total. The summed E-state index contributed by atoms with van der Waals surface area (Å²) in [5, 5.41) is 12.6. The highest BCUT2D eigenvalue weighted by atomic mass is 32.2. The van der Waals surface area contributed by atoms with Crippen LogP contribution in [0, 0.1) is 5.82 Å². The molecule has 26 heavy (non-hydrogen) atoms. The summed E-state index contributed by atoms with van der Waals surface area (Å²) in [6.07, 6.45) is 2.95. The third kappa shape index (κ3) is 3.04. The van der Waals surface area contributed by atoms with Gasteiger partial charge in [0.2, 0.25) is 0 Å². The number of nitrogens with one attached hydrogen (secondary N) is 1. The van der Waals surface area contributed by atoms with E-state index in [1.54, 1.807) is 30.6 Å². The molecule has 0 radical (unpaired) electrons. The van der Waals surface area contributed by atoms with Gasteiger partial charge in [0, 0.05) is 23.0 Å². The number of rotatable bonds is 4. The molecule has 9 heteroatoms. The fraction of sp³-hybridized carbons (Fsp3) is 0.176. The minimum atomic E-state index is -1.34. The van der Waals surface area contributed by atoms with E-state index in [4.69, 9.17) is 5.11 Å². The molecule has 134 valence electrons. The summed E-state index contributed by atoms with van der Waals surface area (Å²) in [4.78, 5) is 33.2. The summed E-state index contributed by atoms with van der Waals surface area (Å²) in [5.41, 5.74) is 1.03. The molecule has 0 aliphatic carbocycles. The van der Waals surface area contributed by atoms with Gasteiger partial charge in [0.25, 0.3) is 0 Å². The summed E-state index contributed by atoms with van der Waals surface area (Å²) in [5.74, 6) is -1.07. The second kappa shape index (κ2) is 6.65. The van der Waals surface area contributed by atoms with Crippen molar-refractivity contribution in [3.8, 4) is 0 Å². The Kier molecular flexibility index (Phi) is 4.33. The number of thiazole rings is 1. The molecule has 2 atom stereocenters. The first kappa shape index (κ1) is 16.9. The molecule has 0 spiro atoms. The van der Waals surface area contributed by atoms with E-state index in [0.29, 0.717) is 16.3 Å². The van der Waals surface area contributed by atoms with Crippen LogP contribution in [0.2, 0.25) is 0 Å². The molecule has 4 rings (SSSR count). The minimum Gasteiger partial charge on any atom is -0.481 e. The SMILES string of the molecule is O=C(O)CC1Nc2ccncc2[SH](Cc2nc3c(F)cccc3s2)C1=O. The van der Waals surface area contributed by atoms with Crippen LogP contribution >= 0.6 is 22.2 Å². The maximum atomic E-state index is 13.9. The number of hydrogen-bond acceptors (Lipinski definition) is 6. The van der Waals surface area contributed by atoms with Gasteiger partial charge in [0.1, 0.15) is 22.4 Å². The van der Waals surface area contributed by atoms with Crippen molar-refractivity contribution in [3.63, 3.8) is 0 Å². The summed E-state index contributed by atoms with van der Waals surface area (Å²) >= 11 is 1.35. The monoisotopic (exact) mass is 391 g/mol. The molecular weight excluding hydrogens is 377 g/mol. The quantitative estimate of drug-likeness (QED) is 0.592.